The van der Waals surface area contributed by atoms with Crippen LogP contribution in [0.5, 0.6) is 5.75 Å². The number of para-hydroxylation sites is 1. The summed E-state index contributed by atoms with van der Waals surface area (Å²) in [6.07, 6.45) is 6.76. The molecule has 0 aromatic heterocycles. The van der Waals surface area contributed by atoms with E-state index in [1.54, 1.807) is 6.26 Å². The van der Waals surface area contributed by atoms with Crippen LogP contribution in [0.2, 0.25) is 0 Å². The Bertz CT molecular complexity index is 864. The van der Waals surface area contributed by atoms with Gasteiger partial charge >= 0.3 is 0 Å². The summed E-state index contributed by atoms with van der Waals surface area (Å²) >= 11 is 0. The summed E-state index contributed by atoms with van der Waals surface area (Å²) in [7, 11) is -2.38. The third-order valence-corrected chi connectivity index (χ3v) is 7.48. The van der Waals surface area contributed by atoms with Gasteiger partial charge in [0.1, 0.15) is 5.75 Å². The second-order valence-electron chi connectivity index (χ2n) is 8.98. The summed E-state index contributed by atoms with van der Waals surface area (Å²) in [5.41, 5.74) is 1.21. The standard InChI is InChI=1S/C23H34N2O4S/c1-4-21-23(26)25-14-13-19(24-30(2,3)27)20(25)15-28-17-11-9-16(10-12-17)18-7-5-6-8-22(18)29-21/h5-8,16-17,19-21H,2,4,9-15H2,1,3H3,(H,24,27)/t16?,17?,19-,20-,21-,30?/m0/s1. The predicted octanol–water partition coefficient (Wildman–Crippen LogP) is 2.72. The van der Waals surface area contributed by atoms with Gasteiger partial charge in [0.2, 0.25) is 0 Å². The number of fused-ring (bicyclic) bond motifs is 5. The van der Waals surface area contributed by atoms with Crippen molar-refractivity contribution in [3.8, 4) is 5.75 Å². The van der Waals surface area contributed by atoms with Gasteiger partial charge in [-0.3, -0.25) is 9.00 Å². The van der Waals surface area contributed by atoms with E-state index in [1.165, 1.54) is 5.56 Å². The maximum Gasteiger partial charge on any atom is 0.264 e. The minimum absolute atomic E-state index is 0.0107. The molecule has 30 heavy (non-hydrogen) atoms. The van der Waals surface area contributed by atoms with Crippen LogP contribution in [0, 0.1) is 0 Å². The molecule has 1 saturated carbocycles. The first-order chi connectivity index (χ1) is 14.4. The third-order valence-electron chi connectivity index (χ3n) is 6.68. The first-order valence-corrected chi connectivity index (χ1v) is 13.3. The molecule has 4 aliphatic rings. The topological polar surface area (TPSA) is 67.9 Å². The molecule has 4 atom stereocenters. The summed E-state index contributed by atoms with van der Waals surface area (Å²) in [6, 6.07) is 7.92. The maximum absolute atomic E-state index is 13.5. The third kappa shape index (κ3) is 4.68. The number of carbonyl (C=O) groups excluding carboxylic acids is 1. The second-order valence-corrected chi connectivity index (χ2v) is 11.2. The van der Waals surface area contributed by atoms with Crippen LogP contribution in [0.25, 0.3) is 0 Å². The number of hydrogen-bond donors (Lipinski definition) is 1. The summed E-state index contributed by atoms with van der Waals surface area (Å²) in [4.78, 5) is 15.4. The Morgan fingerprint density at radius 1 is 1.20 bits per heavy atom. The lowest BCUT2D eigenvalue weighted by molar-refractivity contribution is -0.141. The number of ether oxygens (including phenoxy) is 2. The molecule has 2 fully saturated rings. The molecule has 7 heteroatoms. The van der Waals surface area contributed by atoms with Crippen LogP contribution in [0.4, 0.5) is 0 Å². The lowest BCUT2D eigenvalue weighted by atomic mass is 9.82. The first kappa shape index (κ1) is 21.7. The lowest BCUT2D eigenvalue weighted by Crippen LogP contribution is -2.52. The largest absolute Gasteiger partial charge is 0.480 e. The van der Waals surface area contributed by atoms with Crippen molar-refractivity contribution in [2.75, 3.05) is 19.4 Å². The molecule has 3 heterocycles. The van der Waals surface area contributed by atoms with Crippen LogP contribution >= 0.6 is 0 Å². The smallest absolute Gasteiger partial charge is 0.264 e. The highest BCUT2D eigenvalue weighted by Crippen LogP contribution is 2.39. The number of carbonyl (C=O) groups is 1. The average molecular weight is 435 g/mol. The van der Waals surface area contributed by atoms with Crippen molar-refractivity contribution in [2.45, 2.75) is 75.7 Å². The molecule has 0 radical (unpaired) electrons. The molecule has 2 bridgehead atoms. The van der Waals surface area contributed by atoms with E-state index in [1.807, 2.05) is 24.0 Å². The number of nitrogens with one attached hydrogen (secondary N) is 1. The Morgan fingerprint density at radius 3 is 2.63 bits per heavy atom. The van der Waals surface area contributed by atoms with Crippen LogP contribution in [-0.2, 0) is 19.2 Å². The van der Waals surface area contributed by atoms with E-state index in [-0.39, 0.29) is 24.1 Å². The Labute approximate surface area is 180 Å². The van der Waals surface area contributed by atoms with Crippen molar-refractivity contribution in [1.29, 1.82) is 0 Å². The molecule has 1 aromatic rings. The molecule has 1 saturated heterocycles. The van der Waals surface area contributed by atoms with E-state index >= 15 is 0 Å². The zero-order valence-corrected chi connectivity index (χ0v) is 18.9. The minimum Gasteiger partial charge on any atom is -0.480 e. The van der Waals surface area contributed by atoms with Crippen molar-refractivity contribution in [3.63, 3.8) is 0 Å². The van der Waals surface area contributed by atoms with Crippen molar-refractivity contribution < 1.29 is 18.5 Å². The number of rotatable bonds is 3. The normalized spacial score (nSPS) is 34.0. The van der Waals surface area contributed by atoms with E-state index in [9.17, 15) is 9.00 Å². The highest BCUT2D eigenvalue weighted by atomic mass is 32.2. The van der Waals surface area contributed by atoms with Crippen molar-refractivity contribution in [2.24, 2.45) is 0 Å². The SMILES string of the molecule is C=S(C)(=O)N[C@H]1CCN2C(=O)[C@H](CC)Oc3ccccc3C3CCC(CC3)OC[C@@H]12. The first-order valence-electron chi connectivity index (χ1n) is 11.1. The van der Waals surface area contributed by atoms with Crippen LogP contribution in [0.1, 0.15) is 56.9 Å². The molecule has 5 rings (SSSR count). The van der Waals surface area contributed by atoms with Crippen molar-refractivity contribution >= 4 is 21.5 Å². The Kier molecular flexibility index (Phi) is 6.42. The van der Waals surface area contributed by atoms with Gasteiger partial charge in [-0.15, -0.1) is 0 Å². The molecular formula is C23H34N2O4S. The fraction of sp³-hybridized carbons (Fsp3) is 0.652. The van der Waals surface area contributed by atoms with Gasteiger partial charge in [0.15, 0.2) is 6.10 Å². The van der Waals surface area contributed by atoms with Gasteiger partial charge in [0, 0.05) is 28.6 Å². The molecule has 6 nitrogen and oxygen atoms in total. The molecule has 3 aliphatic heterocycles. The molecule has 1 N–H and O–H groups in total. The molecule has 1 aromatic carbocycles. The fourth-order valence-corrected chi connectivity index (χ4v) is 6.05. The molecule has 1 aliphatic carbocycles. The van der Waals surface area contributed by atoms with Crippen LogP contribution in [-0.4, -0.2) is 64.6 Å². The molecule has 0 spiro atoms. The molecule has 1 amide bonds. The van der Waals surface area contributed by atoms with E-state index in [2.05, 4.69) is 22.7 Å². The lowest BCUT2D eigenvalue weighted by Gasteiger charge is -2.33. The Hall–Kier alpha value is -1.57. The molecule has 166 valence electrons. The van der Waals surface area contributed by atoms with E-state index in [0.29, 0.717) is 25.5 Å². The Morgan fingerprint density at radius 2 is 1.93 bits per heavy atom. The van der Waals surface area contributed by atoms with Gasteiger partial charge in [-0.25, -0.2) is 4.72 Å². The number of nitrogens with zero attached hydrogens (tertiary/aromatic N) is 1. The van der Waals surface area contributed by atoms with Gasteiger partial charge in [-0.1, -0.05) is 25.1 Å². The van der Waals surface area contributed by atoms with E-state index < -0.39 is 15.8 Å². The summed E-state index contributed by atoms with van der Waals surface area (Å²) in [6.45, 7) is 3.05. The quantitative estimate of drug-likeness (QED) is 0.743. The molecular weight excluding hydrogens is 400 g/mol. The average Bonchev–Trinajstić information content (AvgIpc) is 3.11. The van der Waals surface area contributed by atoms with E-state index in [0.717, 1.165) is 37.9 Å². The van der Waals surface area contributed by atoms with Crippen LogP contribution in [0.15, 0.2) is 24.3 Å². The predicted molar refractivity (Wildman–Crippen MR) is 120 cm³/mol. The number of hydrogen-bond acceptors (Lipinski definition) is 4. The highest BCUT2D eigenvalue weighted by molar-refractivity contribution is 7.97. The van der Waals surface area contributed by atoms with Gasteiger partial charge in [0.05, 0.1) is 18.8 Å². The van der Waals surface area contributed by atoms with E-state index in [4.69, 9.17) is 9.47 Å². The van der Waals surface area contributed by atoms with Gasteiger partial charge < -0.3 is 14.4 Å². The van der Waals surface area contributed by atoms with Crippen LogP contribution in [0.3, 0.4) is 0 Å². The van der Waals surface area contributed by atoms with Crippen LogP contribution < -0.4 is 9.46 Å². The monoisotopic (exact) mass is 434 g/mol. The Balaban J connectivity index is 1.66. The zero-order valence-electron chi connectivity index (χ0n) is 18.0. The van der Waals surface area contributed by atoms with Crippen molar-refractivity contribution in [3.05, 3.63) is 29.8 Å². The second kappa shape index (κ2) is 8.89. The molecule has 1 unspecified atom stereocenters. The fourth-order valence-electron chi connectivity index (χ4n) is 5.14. The number of amides is 1. The summed E-state index contributed by atoms with van der Waals surface area (Å²) in [5, 5.41) is 0. The summed E-state index contributed by atoms with van der Waals surface area (Å²) < 4.78 is 28.1. The minimum atomic E-state index is -2.38. The summed E-state index contributed by atoms with van der Waals surface area (Å²) in [5.74, 6) is 5.01. The van der Waals surface area contributed by atoms with Gasteiger partial charge in [0.25, 0.3) is 5.91 Å². The highest BCUT2D eigenvalue weighted by Gasteiger charge is 2.41. The maximum atomic E-state index is 13.5. The zero-order chi connectivity index (χ0) is 21.3. The van der Waals surface area contributed by atoms with Gasteiger partial charge in [-0.05, 0) is 61.9 Å². The van der Waals surface area contributed by atoms with Gasteiger partial charge in [-0.2, -0.15) is 0 Å². The van der Waals surface area contributed by atoms with Crippen molar-refractivity contribution in [1.82, 2.24) is 9.62 Å². The number of benzene rings is 1.